The second kappa shape index (κ2) is 14.9. The van der Waals surface area contributed by atoms with Gasteiger partial charge in [0.2, 0.25) is 0 Å². The van der Waals surface area contributed by atoms with Gasteiger partial charge in [0.1, 0.15) is 0 Å². The largest absolute Gasteiger partial charge is 0.309 e. The highest BCUT2D eigenvalue weighted by Gasteiger charge is 2.20. The lowest BCUT2D eigenvalue weighted by atomic mass is 9.90. The molecule has 14 rings (SSSR count). The van der Waals surface area contributed by atoms with Gasteiger partial charge in [-0.3, -0.25) is 0 Å². The number of rotatable bonds is 5. The Kier molecular flexibility index (Phi) is 8.32. The molecule has 0 fully saturated rings. The third kappa shape index (κ3) is 6.00. The minimum atomic E-state index is 0.937. The molecule has 0 bridgehead atoms. The molecule has 0 radical (unpaired) electrons. The average molecular weight is 849 g/mol. The van der Waals surface area contributed by atoms with Crippen molar-refractivity contribution >= 4 is 86.4 Å². The molecule has 0 aliphatic carbocycles. The van der Waals surface area contributed by atoms with Gasteiger partial charge in [-0.05, 0) is 135 Å². The monoisotopic (exact) mass is 848 g/mol. The number of hydrogen-bond acceptors (Lipinski definition) is 1. The number of pyridine rings is 1. The fourth-order valence-corrected chi connectivity index (χ4v) is 10.9. The molecule has 67 heavy (non-hydrogen) atoms. The molecule has 2 heterocycles. The van der Waals surface area contributed by atoms with E-state index in [4.69, 9.17) is 4.98 Å². The normalized spacial score (nSPS) is 11.9. The van der Waals surface area contributed by atoms with E-state index >= 15 is 0 Å². The van der Waals surface area contributed by atoms with Gasteiger partial charge in [0.15, 0.2) is 0 Å². The summed E-state index contributed by atoms with van der Waals surface area (Å²) in [5.74, 6) is 0. The van der Waals surface area contributed by atoms with Crippen LogP contribution < -0.4 is 0 Å². The predicted molar refractivity (Wildman–Crippen MR) is 285 cm³/mol. The zero-order chi connectivity index (χ0) is 44.0. The van der Waals surface area contributed by atoms with Crippen LogP contribution in [0, 0.1) is 0 Å². The van der Waals surface area contributed by atoms with Gasteiger partial charge in [-0.25, -0.2) is 4.98 Å². The Bertz CT molecular complexity index is 4220. The van der Waals surface area contributed by atoms with Crippen LogP contribution in [0.15, 0.2) is 243 Å². The fourth-order valence-electron chi connectivity index (χ4n) is 10.9. The maximum Gasteiger partial charge on any atom is 0.0736 e. The Morgan fingerprint density at radius 2 is 0.716 bits per heavy atom. The first-order valence-electron chi connectivity index (χ1n) is 23.1. The molecule has 0 atom stereocenters. The molecule has 0 saturated carbocycles. The summed E-state index contributed by atoms with van der Waals surface area (Å²) in [6, 6.07) is 89.2. The van der Waals surface area contributed by atoms with Crippen molar-refractivity contribution in [1.29, 1.82) is 0 Å². The summed E-state index contributed by atoms with van der Waals surface area (Å²) in [5.41, 5.74) is 12.3. The molecule has 0 spiro atoms. The summed E-state index contributed by atoms with van der Waals surface area (Å²) >= 11 is 0. The molecule has 0 amide bonds. The second-order valence-electron chi connectivity index (χ2n) is 17.9. The van der Waals surface area contributed by atoms with Crippen molar-refractivity contribution in [3.63, 3.8) is 0 Å². The van der Waals surface area contributed by atoms with Gasteiger partial charge in [0.25, 0.3) is 0 Å². The molecule has 2 heteroatoms. The van der Waals surface area contributed by atoms with Crippen LogP contribution in [0.4, 0.5) is 0 Å². The molecule has 310 valence electrons. The Morgan fingerprint density at radius 3 is 1.43 bits per heavy atom. The predicted octanol–water partition coefficient (Wildman–Crippen LogP) is 17.8. The van der Waals surface area contributed by atoms with Crippen LogP contribution >= 0.6 is 0 Å². The van der Waals surface area contributed by atoms with Gasteiger partial charge in [0, 0.05) is 21.9 Å². The van der Waals surface area contributed by atoms with Crippen LogP contribution in [0.2, 0.25) is 0 Å². The van der Waals surface area contributed by atoms with Crippen molar-refractivity contribution in [2.24, 2.45) is 0 Å². The van der Waals surface area contributed by atoms with Crippen LogP contribution in [0.3, 0.4) is 0 Å². The van der Waals surface area contributed by atoms with Gasteiger partial charge >= 0.3 is 0 Å². The Hall–Kier alpha value is -8.85. The highest BCUT2D eigenvalue weighted by atomic mass is 15.0. The zero-order valence-electron chi connectivity index (χ0n) is 36.5. The third-order valence-corrected chi connectivity index (χ3v) is 14.1. The number of benzene rings is 12. The molecule has 0 unspecified atom stereocenters. The van der Waals surface area contributed by atoms with E-state index in [0.29, 0.717) is 0 Å². The van der Waals surface area contributed by atoms with Crippen molar-refractivity contribution in [2.75, 3.05) is 0 Å². The molecular weight excluding hydrogens is 809 g/mol. The van der Waals surface area contributed by atoms with Crippen molar-refractivity contribution in [3.05, 3.63) is 243 Å². The number of aromatic nitrogens is 2. The van der Waals surface area contributed by atoms with E-state index in [2.05, 4.69) is 247 Å². The first-order chi connectivity index (χ1) is 33.2. The van der Waals surface area contributed by atoms with Gasteiger partial charge in [-0.2, -0.15) is 0 Å². The van der Waals surface area contributed by atoms with Crippen LogP contribution in [0.1, 0.15) is 0 Å². The average Bonchev–Trinajstić information content (AvgIpc) is 3.72. The summed E-state index contributed by atoms with van der Waals surface area (Å²) in [6.45, 7) is 0. The third-order valence-electron chi connectivity index (χ3n) is 14.1. The topological polar surface area (TPSA) is 17.8 Å². The molecule has 0 aliphatic rings. The van der Waals surface area contributed by atoms with Crippen molar-refractivity contribution in [1.82, 2.24) is 9.55 Å². The highest BCUT2D eigenvalue weighted by Crippen LogP contribution is 2.44. The first-order valence-corrected chi connectivity index (χ1v) is 23.1. The molecule has 0 aliphatic heterocycles. The quantitative estimate of drug-likeness (QED) is 0.158. The minimum absolute atomic E-state index is 0.937. The summed E-state index contributed by atoms with van der Waals surface area (Å²) < 4.78 is 2.49. The first kappa shape index (κ1) is 37.5. The van der Waals surface area contributed by atoms with E-state index in [-0.39, 0.29) is 0 Å². The van der Waals surface area contributed by atoms with E-state index in [1.54, 1.807) is 0 Å². The van der Waals surface area contributed by atoms with E-state index in [1.807, 2.05) is 0 Å². The van der Waals surface area contributed by atoms with Crippen LogP contribution in [-0.4, -0.2) is 9.55 Å². The minimum Gasteiger partial charge on any atom is -0.309 e. The lowest BCUT2D eigenvalue weighted by molar-refractivity contribution is 1.16. The SMILES string of the molecule is c1ccc(-c2ccc3c(c2)c2cc4c5cc(-c6ccc7ccccc7c6)ccc5c5ccccc5c4cc2n3-c2cc(-c3cccc4ccccc34)nc(-c3cccc4ccccc34)c2)cc1. The van der Waals surface area contributed by atoms with E-state index in [9.17, 15) is 0 Å². The van der Waals surface area contributed by atoms with Crippen LogP contribution in [-0.2, 0) is 0 Å². The molecule has 2 aromatic heterocycles. The molecule has 0 saturated heterocycles. The van der Waals surface area contributed by atoms with Gasteiger partial charge < -0.3 is 4.57 Å². The lowest BCUT2D eigenvalue weighted by Gasteiger charge is -2.16. The Labute approximate surface area is 387 Å². The van der Waals surface area contributed by atoms with Crippen molar-refractivity contribution in [2.45, 2.75) is 0 Å². The van der Waals surface area contributed by atoms with E-state index in [1.165, 1.54) is 97.7 Å². The second-order valence-corrected chi connectivity index (χ2v) is 17.9. The van der Waals surface area contributed by atoms with E-state index in [0.717, 1.165) is 39.2 Å². The smallest absolute Gasteiger partial charge is 0.0736 e. The lowest BCUT2D eigenvalue weighted by Crippen LogP contribution is -1.99. The summed E-state index contributed by atoms with van der Waals surface area (Å²) in [7, 11) is 0. The Morgan fingerprint density at radius 1 is 0.239 bits per heavy atom. The summed E-state index contributed by atoms with van der Waals surface area (Å²) in [4.78, 5) is 5.56. The van der Waals surface area contributed by atoms with Crippen LogP contribution in [0.5, 0.6) is 0 Å². The molecule has 0 N–H and O–H groups in total. The van der Waals surface area contributed by atoms with Gasteiger partial charge in [-0.1, -0.05) is 194 Å². The van der Waals surface area contributed by atoms with Gasteiger partial charge in [-0.15, -0.1) is 0 Å². The zero-order valence-corrected chi connectivity index (χ0v) is 36.5. The molecule has 2 nitrogen and oxygen atoms in total. The number of fused-ring (bicyclic) bond motifs is 12. The molecular formula is C65H40N2. The fraction of sp³-hybridized carbons (Fsp3) is 0. The van der Waals surface area contributed by atoms with Crippen LogP contribution in [0.25, 0.3) is 137 Å². The van der Waals surface area contributed by atoms with Crippen molar-refractivity contribution < 1.29 is 0 Å². The van der Waals surface area contributed by atoms with Crippen molar-refractivity contribution in [3.8, 4) is 50.5 Å². The molecule has 14 aromatic rings. The number of nitrogens with zero attached hydrogens (tertiary/aromatic N) is 2. The Balaban J connectivity index is 1.10. The standard InChI is InChI=1S/C65H40N2/c1-2-14-41(15-3-1)47-31-33-64-60(36-47)61-39-58-57-35-48(46-29-28-42-16-4-5-19-45(42)34-46)30-32-54(57)52-24-10-11-25-53(52)59(58)40-65(61)67(64)49-37-62(55-26-12-20-43-17-6-8-22-50(43)55)66-63(38-49)56-27-13-21-44-18-7-9-23-51(44)56/h1-40H. The summed E-state index contributed by atoms with van der Waals surface area (Å²) in [5, 5.41) is 17.2. The van der Waals surface area contributed by atoms with Gasteiger partial charge in [0.05, 0.1) is 28.1 Å². The molecule has 12 aromatic carbocycles. The maximum atomic E-state index is 5.56. The number of hydrogen-bond donors (Lipinski definition) is 0. The highest BCUT2D eigenvalue weighted by molar-refractivity contribution is 6.29. The summed E-state index contributed by atoms with van der Waals surface area (Å²) in [6.07, 6.45) is 0. The maximum absolute atomic E-state index is 5.56. The van der Waals surface area contributed by atoms with E-state index < -0.39 is 0 Å².